The van der Waals surface area contributed by atoms with Crippen LogP contribution in [0.15, 0.2) is 54.6 Å². The molecule has 0 saturated heterocycles. The molecule has 30 heavy (non-hydrogen) atoms. The zero-order valence-electron chi connectivity index (χ0n) is 16.5. The van der Waals surface area contributed by atoms with E-state index in [2.05, 4.69) is 20.4 Å². The van der Waals surface area contributed by atoms with Crippen molar-refractivity contribution in [3.63, 3.8) is 0 Å². The van der Waals surface area contributed by atoms with E-state index in [1.165, 1.54) is 7.11 Å². The molecule has 0 spiro atoms. The molecule has 0 unspecified atom stereocenters. The molecule has 0 fully saturated rings. The Hall–Kier alpha value is -3.59. The number of aromatic nitrogens is 1. The van der Waals surface area contributed by atoms with Crippen molar-refractivity contribution < 1.29 is 23.8 Å². The maximum atomic E-state index is 12.4. The first-order valence-electron chi connectivity index (χ1n) is 9.15. The first kappa shape index (κ1) is 21.1. The number of nitrogens with one attached hydrogen (secondary N) is 2. The number of carbonyl (C=O) groups is 2. The number of hydrogen-bond acceptors (Lipinski definition) is 7. The van der Waals surface area contributed by atoms with Crippen LogP contribution in [0.3, 0.4) is 0 Å². The lowest BCUT2D eigenvalue weighted by atomic mass is 10.2. The first-order chi connectivity index (χ1) is 14.6. The molecule has 0 aliphatic heterocycles. The zero-order chi connectivity index (χ0) is 21.3. The molecule has 1 aromatic heterocycles. The standard InChI is InChI=1S/C21H21N3O5S/c1-3-28-15-9-11-16(12-10-15)29-13-17(25)22-19-18(14-7-5-4-6-8-14)23-20(30-19)24-21(26)27-2/h4-12H,3,13H2,1-2H3,(H,22,25)(H,23,24,26). The molecule has 0 bridgehead atoms. The van der Waals surface area contributed by atoms with Crippen LogP contribution in [0.4, 0.5) is 14.9 Å². The molecule has 9 heteroatoms. The van der Waals surface area contributed by atoms with Crippen molar-refractivity contribution in [1.29, 1.82) is 0 Å². The van der Waals surface area contributed by atoms with E-state index >= 15 is 0 Å². The van der Waals surface area contributed by atoms with E-state index in [9.17, 15) is 9.59 Å². The van der Waals surface area contributed by atoms with Gasteiger partial charge in [-0.2, -0.15) is 0 Å². The lowest BCUT2D eigenvalue weighted by Gasteiger charge is -2.08. The first-order valence-corrected chi connectivity index (χ1v) is 9.97. The van der Waals surface area contributed by atoms with Crippen molar-refractivity contribution in [3.05, 3.63) is 54.6 Å². The Kier molecular flexibility index (Phi) is 7.23. The van der Waals surface area contributed by atoms with Crippen molar-refractivity contribution in [1.82, 2.24) is 4.98 Å². The molecule has 2 amide bonds. The van der Waals surface area contributed by atoms with Crippen molar-refractivity contribution in [2.75, 3.05) is 31.0 Å². The van der Waals surface area contributed by atoms with Gasteiger partial charge >= 0.3 is 6.09 Å². The summed E-state index contributed by atoms with van der Waals surface area (Å²) in [6.07, 6.45) is -0.639. The van der Waals surface area contributed by atoms with Gasteiger partial charge in [0, 0.05) is 5.56 Å². The Morgan fingerprint density at radius 2 is 1.63 bits per heavy atom. The third-order valence-corrected chi connectivity index (χ3v) is 4.71. The van der Waals surface area contributed by atoms with E-state index in [1.54, 1.807) is 24.3 Å². The topological polar surface area (TPSA) is 98.8 Å². The van der Waals surface area contributed by atoms with Gasteiger partial charge in [0.15, 0.2) is 11.7 Å². The third-order valence-electron chi connectivity index (χ3n) is 3.83. The molecular weight excluding hydrogens is 406 g/mol. The van der Waals surface area contributed by atoms with Gasteiger partial charge < -0.3 is 19.5 Å². The molecular formula is C21H21N3O5S. The van der Waals surface area contributed by atoms with Gasteiger partial charge in [-0.3, -0.25) is 10.1 Å². The average molecular weight is 427 g/mol. The van der Waals surface area contributed by atoms with E-state index in [-0.39, 0.29) is 12.5 Å². The Morgan fingerprint density at radius 3 is 2.27 bits per heavy atom. The summed E-state index contributed by atoms with van der Waals surface area (Å²) in [5.74, 6) is 0.931. The van der Waals surface area contributed by atoms with Crippen LogP contribution in [-0.2, 0) is 9.53 Å². The van der Waals surface area contributed by atoms with E-state index in [1.807, 2.05) is 37.3 Å². The van der Waals surface area contributed by atoms with Crippen molar-refractivity contribution >= 4 is 33.5 Å². The monoisotopic (exact) mass is 427 g/mol. The highest BCUT2D eigenvalue weighted by atomic mass is 32.1. The number of carbonyl (C=O) groups excluding carboxylic acids is 2. The van der Waals surface area contributed by atoms with Crippen molar-refractivity contribution in [3.8, 4) is 22.8 Å². The number of anilines is 2. The average Bonchev–Trinajstić information content (AvgIpc) is 3.15. The fourth-order valence-electron chi connectivity index (χ4n) is 2.50. The smallest absolute Gasteiger partial charge is 0.413 e. The van der Waals surface area contributed by atoms with Crippen molar-refractivity contribution in [2.24, 2.45) is 0 Å². The Labute approximate surface area is 177 Å². The number of rotatable bonds is 8. The van der Waals surface area contributed by atoms with Gasteiger partial charge in [0.05, 0.1) is 13.7 Å². The molecule has 156 valence electrons. The van der Waals surface area contributed by atoms with Crippen LogP contribution < -0.4 is 20.1 Å². The second-order valence-corrected chi connectivity index (χ2v) is 6.92. The van der Waals surface area contributed by atoms with E-state index < -0.39 is 6.09 Å². The Balaban J connectivity index is 1.69. The predicted molar refractivity (Wildman–Crippen MR) is 115 cm³/mol. The van der Waals surface area contributed by atoms with E-state index in [0.717, 1.165) is 22.6 Å². The molecule has 3 aromatic rings. The van der Waals surface area contributed by atoms with Gasteiger partial charge in [0.2, 0.25) is 0 Å². The van der Waals surface area contributed by atoms with Gasteiger partial charge in [-0.25, -0.2) is 9.78 Å². The minimum Gasteiger partial charge on any atom is -0.494 e. The molecule has 0 radical (unpaired) electrons. The van der Waals surface area contributed by atoms with Crippen LogP contribution >= 0.6 is 11.3 Å². The van der Waals surface area contributed by atoms with Gasteiger partial charge in [-0.1, -0.05) is 41.7 Å². The molecule has 2 aromatic carbocycles. The fraction of sp³-hybridized carbons (Fsp3) is 0.190. The summed E-state index contributed by atoms with van der Waals surface area (Å²) >= 11 is 1.13. The maximum absolute atomic E-state index is 12.4. The van der Waals surface area contributed by atoms with Gasteiger partial charge in [0.25, 0.3) is 5.91 Å². The number of amides is 2. The Morgan fingerprint density at radius 1 is 0.967 bits per heavy atom. The molecule has 0 atom stereocenters. The number of thiazole rings is 1. The largest absolute Gasteiger partial charge is 0.494 e. The molecule has 3 rings (SSSR count). The number of ether oxygens (including phenoxy) is 3. The second-order valence-electron chi connectivity index (χ2n) is 5.92. The summed E-state index contributed by atoms with van der Waals surface area (Å²) in [7, 11) is 1.27. The summed E-state index contributed by atoms with van der Waals surface area (Å²) in [5, 5.41) is 6.12. The van der Waals surface area contributed by atoms with Gasteiger partial charge in [0.1, 0.15) is 22.2 Å². The van der Waals surface area contributed by atoms with Crippen molar-refractivity contribution in [2.45, 2.75) is 6.92 Å². The fourth-order valence-corrected chi connectivity index (χ4v) is 3.39. The van der Waals surface area contributed by atoms with Crippen LogP contribution in [0, 0.1) is 0 Å². The summed E-state index contributed by atoms with van der Waals surface area (Å²) in [6.45, 7) is 2.30. The third kappa shape index (κ3) is 5.71. The number of hydrogen-bond donors (Lipinski definition) is 2. The highest BCUT2D eigenvalue weighted by Crippen LogP contribution is 2.35. The molecule has 2 N–H and O–H groups in total. The van der Waals surface area contributed by atoms with Crippen LogP contribution in [0.5, 0.6) is 11.5 Å². The van der Waals surface area contributed by atoms with Crippen LogP contribution in [0.2, 0.25) is 0 Å². The molecule has 0 saturated carbocycles. The quantitative estimate of drug-likeness (QED) is 0.553. The minimum absolute atomic E-state index is 0.181. The normalized spacial score (nSPS) is 10.2. The lowest BCUT2D eigenvalue weighted by Crippen LogP contribution is -2.19. The van der Waals surface area contributed by atoms with E-state index in [4.69, 9.17) is 9.47 Å². The minimum atomic E-state index is -0.639. The lowest BCUT2D eigenvalue weighted by molar-refractivity contribution is -0.118. The van der Waals surface area contributed by atoms with Crippen LogP contribution in [0.1, 0.15) is 6.92 Å². The molecule has 0 aliphatic rings. The van der Waals surface area contributed by atoms with Crippen LogP contribution in [-0.4, -0.2) is 37.3 Å². The van der Waals surface area contributed by atoms with Gasteiger partial charge in [-0.15, -0.1) is 0 Å². The summed E-state index contributed by atoms with van der Waals surface area (Å²) in [5.41, 5.74) is 1.34. The van der Waals surface area contributed by atoms with Crippen LogP contribution in [0.25, 0.3) is 11.3 Å². The zero-order valence-corrected chi connectivity index (χ0v) is 17.3. The number of methoxy groups -OCH3 is 1. The molecule has 1 heterocycles. The number of benzene rings is 2. The summed E-state index contributed by atoms with van der Waals surface area (Å²) < 4.78 is 15.5. The van der Waals surface area contributed by atoms with Gasteiger partial charge in [-0.05, 0) is 31.2 Å². The molecule has 0 aliphatic carbocycles. The Bertz CT molecular complexity index is 990. The number of nitrogens with zero attached hydrogens (tertiary/aromatic N) is 1. The maximum Gasteiger partial charge on any atom is 0.413 e. The summed E-state index contributed by atoms with van der Waals surface area (Å²) in [6, 6.07) is 16.4. The van der Waals surface area contributed by atoms with E-state index in [0.29, 0.717) is 28.2 Å². The highest BCUT2D eigenvalue weighted by molar-refractivity contribution is 7.20. The SMILES string of the molecule is CCOc1ccc(OCC(=O)Nc2sc(NC(=O)OC)nc2-c2ccccc2)cc1. The summed E-state index contributed by atoms with van der Waals surface area (Å²) in [4.78, 5) is 28.3. The molecule has 8 nitrogen and oxygen atoms in total. The highest BCUT2D eigenvalue weighted by Gasteiger charge is 2.17. The second kappa shape index (κ2) is 10.3. The predicted octanol–water partition coefficient (Wildman–Crippen LogP) is 4.40.